The Labute approximate surface area is 146 Å². The van der Waals surface area contributed by atoms with E-state index in [4.69, 9.17) is 0 Å². The van der Waals surface area contributed by atoms with Gasteiger partial charge in [-0.2, -0.15) is 0 Å². The summed E-state index contributed by atoms with van der Waals surface area (Å²) in [7, 11) is 0. The van der Waals surface area contributed by atoms with Gasteiger partial charge < -0.3 is 5.32 Å². The maximum Gasteiger partial charge on any atom is 0.270 e. The van der Waals surface area contributed by atoms with Crippen LogP contribution >= 0.6 is 22.7 Å². The van der Waals surface area contributed by atoms with Crippen molar-refractivity contribution in [2.45, 2.75) is 0 Å². The Kier molecular flexibility index (Phi) is 3.51. The number of nitro benzene ring substituents is 2. The van der Waals surface area contributed by atoms with E-state index >= 15 is 0 Å². The minimum atomic E-state index is -0.452. The number of aromatic nitrogens is 2. The Hall–Kier alpha value is -3.18. The number of nitro groups is 2. The van der Waals surface area contributed by atoms with Gasteiger partial charge in [0.2, 0.25) is 0 Å². The minimum absolute atomic E-state index is 0.00926. The van der Waals surface area contributed by atoms with Crippen LogP contribution in [-0.4, -0.2) is 19.8 Å². The van der Waals surface area contributed by atoms with Gasteiger partial charge in [-0.3, -0.25) is 20.2 Å². The third kappa shape index (κ3) is 2.86. The second-order valence-corrected chi connectivity index (χ2v) is 7.04. The monoisotopic (exact) mass is 373 g/mol. The van der Waals surface area contributed by atoms with E-state index in [1.165, 1.54) is 46.9 Å². The first-order valence-electron chi connectivity index (χ1n) is 6.86. The van der Waals surface area contributed by atoms with E-state index in [2.05, 4.69) is 15.3 Å². The van der Waals surface area contributed by atoms with E-state index < -0.39 is 9.85 Å². The largest absolute Gasteiger partial charge is 0.307 e. The minimum Gasteiger partial charge on any atom is -0.307 e. The number of nitrogens with zero attached hydrogens (tertiary/aromatic N) is 4. The molecule has 9 nitrogen and oxygen atoms in total. The first-order chi connectivity index (χ1) is 12.0. The van der Waals surface area contributed by atoms with E-state index in [0.29, 0.717) is 30.7 Å². The molecular weight excluding hydrogens is 366 g/mol. The van der Waals surface area contributed by atoms with E-state index in [1.54, 1.807) is 12.1 Å². The second kappa shape index (κ2) is 5.72. The van der Waals surface area contributed by atoms with Crippen molar-refractivity contribution in [2.24, 2.45) is 0 Å². The number of nitrogens with one attached hydrogen (secondary N) is 1. The predicted octanol–water partition coefficient (Wildman–Crippen LogP) is 4.47. The van der Waals surface area contributed by atoms with E-state index in [0.717, 1.165) is 0 Å². The number of non-ortho nitro benzene ring substituents is 2. The lowest BCUT2D eigenvalue weighted by atomic mass is 10.3. The van der Waals surface area contributed by atoms with Gasteiger partial charge in [-0.15, -0.1) is 0 Å². The van der Waals surface area contributed by atoms with Crippen LogP contribution in [0, 0.1) is 20.2 Å². The second-order valence-electron chi connectivity index (χ2n) is 4.98. The van der Waals surface area contributed by atoms with Crippen molar-refractivity contribution in [1.29, 1.82) is 0 Å². The molecule has 4 rings (SSSR count). The van der Waals surface area contributed by atoms with Gasteiger partial charge in [0.15, 0.2) is 10.3 Å². The molecule has 0 amide bonds. The summed E-state index contributed by atoms with van der Waals surface area (Å²) in [5, 5.41) is 25.8. The summed E-state index contributed by atoms with van der Waals surface area (Å²) in [6, 6.07) is 8.94. The summed E-state index contributed by atoms with van der Waals surface area (Å²) in [5.74, 6) is 0. The van der Waals surface area contributed by atoms with Crippen molar-refractivity contribution in [2.75, 3.05) is 5.32 Å². The molecule has 4 aromatic rings. The Morgan fingerprint density at radius 3 is 1.64 bits per heavy atom. The van der Waals surface area contributed by atoms with Crippen LogP contribution in [0.2, 0.25) is 0 Å². The summed E-state index contributed by atoms with van der Waals surface area (Å²) >= 11 is 2.55. The molecule has 0 fully saturated rings. The highest BCUT2D eigenvalue weighted by molar-refractivity contribution is 7.24. The zero-order valence-electron chi connectivity index (χ0n) is 12.2. The predicted molar refractivity (Wildman–Crippen MR) is 95.8 cm³/mol. The quantitative estimate of drug-likeness (QED) is 0.413. The Morgan fingerprint density at radius 2 is 1.24 bits per heavy atom. The summed E-state index contributed by atoms with van der Waals surface area (Å²) in [6.45, 7) is 0. The van der Waals surface area contributed by atoms with Crippen LogP contribution in [0.15, 0.2) is 36.4 Å². The molecule has 0 aliphatic heterocycles. The van der Waals surface area contributed by atoms with Gasteiger partial charge in [0.1, 0.15) is 0 Å². The zero-order valence-corrected chi connectivity index (χ0v) is 13.8. The lowest BCUT2D eigenvalue weighted by molar-refractivity contribution is -0.384. The van der Waals surface area contributed by atoms with Crippen LogP contribution in [0.3, 0.4) is 0 Å². The zero-order chi connectivity index (χ0) is 17.6. The number of fused-ring (bicyclic) bond motifs is 2. The number of benzene rings is 2. The maximum absolute atomic E-state index is 10.8. The molecule has 0 spiro atoms. The van der Waals surface area contributed by atoms with Gasteiger partial charge in [0, 0.05) is 24.3 Å². The fourth-order valence-electron chi connectivity index (χ4n) is 2.25. The number of hydrogen-bond donors (Lipinski definition) is 1. The SMILES string of the molecule is O=[N+]([O-])c1ccc2nc(Nc3nc4ccc([N+](=O)[O-])cc4s3)sc2c1. The molecule has 2 aromatic heterocycles. The number of hydrogen-bond acceptors (Lipinski definition) is 9. The van der Waals surface area contributed by atoms with Gasteiger partial charge in [-0.1, -0.05) is 22.7 Å². The molecular formula is C14H7N5O4S2. The van der Waals surface area contributed by atoms with Crippen LogP contribution in [-0.2, 0) is 0 Å². The average Bonchev–Trinajstić information content (AvgIpc) is 3.15. The van der Waals surface area contributed by atoms with Gasteiger partial charge in [-0.05, 0) is 12.1 Å². The van der Waals surface area contributed by atoms with Crippen molar-refractivity contribution < 1.29 is 9.85 Å². The molecule has 0 saturated heterocycles. The van der Waals surface area contributed by atoms with Crippen molar-refractivity contribution >= 4 is 64.7 Å². The molecule has 0 atom stereocenters. The maximum atomic E-state index is 10.8. The summed E-state index contributed by atoms with van der Waals surface area (Å²) in [6.07, 6.45) is 0. The normalized spacial score (nSPS) is 11.0. The van der Waals surface area contributed by atoms with Crippen LogP contribution in [0.25, 0.3) is 20.4 Å². The highest BCUT2D eigenvalue weighted by atomic mass is 32.1. The first kappa shape index (κ1) is 15.4. The lowest BCUT2D eigenvalue weighted by Crippen LogP contribution is -1.87. The molecule has 0 aliphatic carbocycles. The van der Waals surface area contributed by atoms with Crippen LogP contribution < -0.4 is 5.32 Å². The standard InChI is InChI=1S/C14H7N5O4S2/c20-18(21)7-1-3-9-11(5-7)24-13(15-9)17-14-16-10-4-2-8(19(22)23)6-12(10)25-14/h1-6H,(H,15,16,17). The Bertz CT molecular complexity index is 1060. The Balaban J connectivity index is 1.67. The molecule has 0 unspecified atom stereocenters. The van der Waals surface area contributed by atoms with Crippen LogP contribution in [0.1, 0.15) is 0 Å². The first-order valence-corrected chi connectivity index (χ1v) is 8.50. The van der Waals surface area contributed by atoms with Crippen molar-refractivity contribution in [1.82, 2.24) is 9.97 Å². The highest BCUT2D eigenvalue weighted by Crippen LogP contribution is 2.34. The fourth-order valence-corrected chi connectivity index (χ4v) is 4.11. The number of anilines is 2. The molecule has 0 saturated carbocycles. The molecule has 25 heavy (non-hydrogen) atoms. The lowest BCUT2D eigenvalue weighted by Gasteiger charge is -1.93. The van der Waals surface area contributed by atoms with Crippen LogP contribution in [0.5, 0.6) is 0 Å². The molecule has 0 radical (unpaired) electrons. The van der Waals surface area contributed by atoms with E-state index in [9.17, 15) is 20.2 Å². The molecule has 0 bridgehead atoms. The van der Waals surface area contributed by atoms with Gasteiger partial charge in [0.25, 0.3) is 11.4 Å². The summed E-state index contributed by atoms with van der Waals surface area (Å²) in [4.78, 5) is 29.5. The molecule has 1 N–H and O–H groups in total. The average molecular weight is 373 g/mol. The van der Waals surface area contributed by atoms with Crippen molar-refractivity contribution in [3.8, 4) is 0 Å². The van der Waals surface area contributed by atoms with Gasteiger partial charge in [-0.25, -0.2) is 9.97 Å². The third-order valence-corrected chi connectivity index (χ3v) is 5.25. The number of thiazole rings is 2. The fraction of sp³-hybridized carbons (Fsp3) is 0. The summed E-state index contributed by atoms with van der Waals surface area (Å²) in [5.41, 5.74) is 1.31. The highest BCUT2D eigenvalue weighted by Gasteiger charge is 2.13. The van der Waals surface area contributed by atoms with Gasteiger partial charge >= 0.3 is 0 Å². The smallest absolute Gasteiger partial charge is 0.270 e. The topological polar surface area (TPSA) is 124 Å². The van der Waals surface area contributed by atoms with Crippen LogP contribution in [0.4, 0.5) is 21.6 Å². The third-order valence-electron chi connectivity index (χ3n) is 3.38. The van der Waals surface area contributed by atoms with Crippen molar-refractivity contribution in [3.05, 3.63) is 56.6 Å². The molecule has 2 aromatic carbocycles. The molecule has 2 heterocycles. The van der Waals surface area contributed by atoms with E-state index in [-0.39, 0.29) is 11.4 Å². The molecule has 0 aliphatic rings. The van der Waals surface area contributed by atoms with Gasteiger partial charge in [0.05, 0.1) is 30.3 Å². The van der Waals surface area contributed by atoms with E-state index in [1.807, 2.05) is 0 Å². The summed E-state index contributed by atoms with van der Waals surface area (Å²) < 4.78 is 1.38. The molecule has 124 valence electrons. The molecule has 11 heteroatoms. The Morgan fingerprint density at radius 1 is 0.800 bits per heavy atom. The van der Waals surface area contributed by atoms with Crippen molar-refractivity contribution in [3.63, 3.8) is 0 Å². The number of rotatable bonds is 4.